The van der Waals surface area contributed by atoms with E-state index in [0.29, 0.717) is 5.76 Å². The molecule has 0 unspecified atom stereocenters. The van der Waals surface area contributed by atoms with Crippen LogP contribution in [0.3, 0.4) is 0 Å². The summed E-state index contributed by atoms with van der Waals surface area (Å²) in [5, 5.41) is 0. The van der Waals surface area contributed by atoms with Gasteiger partial charge in [0.1, 0.15) is 0 Å². The first-order chi connectivity index (χ1) is 6.68. The summed E-state index contributed by atoms with van der Waals surface area (Å²) in [6.45, 7) is 0. The van der Waals surface area contributed by atoms with Crippen LogP contribution in [0.2, 0.25) is 0 Å². The minimum atomic E-state index is -0.334. The van der Waals surface area contributed by atoms with Crippen molar-refractivity contribution in [1.82, 2.24) is 4.57 Å². The van der Waals surface area contributed by atoms with Gasteiger partial charge in [0, 0.05) is 16.2 Å². The lowest BCUT2D eigenvalue weighted by molar-refractivity contribution is 0.505. The van der Waals surface area contributed by atoms with E-state index in [1.54, 1.807) is 13.2 Å². The molecule has 0 atom stereocenters. The Labute approximate surface area is 94.5 Å². The molecule has 0 fully saturated rings. The number of rotatable bonds is 1. The van der Waals surface area contributed by atoms with Gasteiger partial charge in [-0.3, -0.25) is 4.57 Å². The van der Waals surface area contributed by atoms with Crippen molar-refractivity contribution in [2.24, 2.45) is 7.05 Å². The Morgan fingerprint density at radius 1 is 1.36 bits per heavy atom. The molecular weight excluding hydrogens is 293 g/mol. The van der Waals surface area contributed by atoms with Crippen LogP contribution in [0.1, 0.15) is 0 Å². The standard InChI is InChI=1S/C10H8INO2/c1-12-6-9(14-10(12)13)7-4-2-3-5-8(7)11/h2-6H,1H3. The second-order valence-electron chi connectivity index (χ2n) is 2.95. The SMILES string of the molecule is Cn1cc(-c2ccccc2I)oc1=O. The highest BCUT2D eigenvalue weighted by molar-refractivity contribution is 14.1. The summed E-state index contributed by atoms with van der Waals surface area (Å²) in [7, 11) is 1.67. The van der Waals surface area contributed by atoms with Gasteiger partial charge < -0.3 is 4.42 Å². The number of benzene rings is 1. The van der Waals surface area contributed by atoms with E-state index in [2.05, 4.69) is 22.6 Å². The van der Waals surface area contributed by atoms with Gasteiger partial charge in [-0.05, 0) is 28.7 Å². The van der Waals surface area contributed by atoms with E-state index in [-0.39, 0.29) is 5.76 Å². The average Bonchev–Trinajstić information content (AvgIpc) is 2.48. The third-order valence-corrected chi connectivity index (χ3v) is 2.88. The molecule has 14 heavy (non-hydrogen) atoms. The van der Waals surface area contributed by atoms with Gasteiger partial charge in [0.25, 0.3) is 0 Å². The van der Waals surface area contributed by atoms with Crippen molar-refractivity contribution in [2.45, 2.75) is 0 Å². The molecule has 3 nitrogen and oxygen atoms in total. The molecule has 0 aliphatic carbocycles. The fourth-order valence-electron chi connectivity index (χ4n) is 1.21. The molecule has 0 amide bonds. The molecule has 72 valence electrons. The van der Waals surface area contributed by atoms with Gasteiger partial charge in [-0.1, -0.05) is 18.2 Å². The van der Waals surface area contributed by atoms with Crippen molar-refractivity contribution in [2.75, 3.05) is 0 Å². The van der Waals surface area contributed by atoms with Gasteiger partial charge in [-0.15, -0.1) is 0 Å². The fraction of sp³-hybridized carbons (Fsp3) is 0.100. The summed E-state index contributed by atoms with van der Waals surface area (Å²) in [4.78, 5) is 11.1. The monoisotopic (exact) mass is 301 g/mol. The Morgan fingerprint density at radius 3 is 2.64 bits per heavy atom. The zero-order valence-electron chi connectivity index (χ0n) is 7.53. The van der Waals surface area contributed by atoms with E-state index in [4.69, 9.17) is 4.42 Å². The number of hydrogen-bond donors (Lipinski definition) is 0. The lowest BCUT2D eigenvalue weighted by Crippen LogP contribution is -2.06. The Kier molecular flexibility index (Phi) is 2.45. The summed E-state index contributed by atoms with van der Waals surface area (Å²) in [6, 6.07) is 7.78. The quantitative estimate of drug-likeness (QED) is 0.757. The largest absolute Gasteiger partial charge is 0.419 e. The number of oxazole rings is 1. The highest BCUT2D eigenvalue weighted by Gasteiger charge is 2.07. The summed E-state index contributed by atoms with van der Waals surface area (Å²) in [5.41, 5.74) is 0.950. The summed E-state index contributed by atoms with van der Waals surface area (Å²) < 4.78 is 7.58. The molecule has 0 bridgehead atoms. The van der Waals surface area contributed by atoms with Crippen molar-refractivity contribution in [1.29, 1.82) is 0 Å². The third kappa shape index (κ3) is 1.61. The molecule has 0 saturated carbocycles. The molecule has 4 heteroatoms. The van der Waals surface area contributed by atoms with Gasteiger partial charge >= 0.3 is 5.76 Å². The molecule has 0 aliphatic rings. The summed E-state index contributed by atoms with van der Waals surface area (Å²) in [5.74, 6) is 0.280. The smallest absolute Gasteiger partial charge is 0.408 e. The Bertz CT molecular complexity index is 513. The predicted octanol–water partition coefficient (Wildman–Crippen LogP) is 2.25. The molecule has 1 aromatic carbocycles. The summed E-state index contributed by atoms with van der Waals surface area (Å²) >= 11 is 2.21. The predicted molar refractivity (Wildman–Crippen MR) is 62.1 cm³/mol. The molecular formula is C10H8INO2. The maximum absolute atomic E-state index is 11.1. The zero-order chi connectivity index (χ0) is 10.1. The minimum Gasteiger partial charge on any atom is -0.408 e. The number of nitrogens with zero attached hydrogens (tertiary/aromatic N) is 1. The van der Waals surface area contributed by atoms with Crippen LogP contribution in [0.4, 0.5) is 0 Å². The minimum absolute atomic E-state index is 0.334. The van der Waals surface area contributed by atoms with E-state index in [9.17, 15) is 4.79 Å². The highest BCUT2D eigenvalue weighted by Crippen LogP contribution is 2.23. The first-order valence-electron chi connectivity index (χ1n) is 4.10. The molecule has 2 rings (SSSR count). The lowest BCUT2D eigenvalue weighted by Gasteiger charge is -1.97. The molecule has 0 radical (unpaired) electrons. The van der Waals surface area contributed by atoms with Crippen molar-refractivity contribution in [3.63, 3.8) is 0 Å². The fourth-order valence-corrected chi connectivity index (χ4v) is 1.86. The van der Waals surface area contributed by atoms with E-state index < -0.39 is 0 Å². The van der Waals surface area contributed by atoms with E-state index in [1.165, 1.54) is 4.57 Å². The second kappa shape index (κ2) is 3.61. The summed E-state index contributed by atoms with van der Waals surface area (Å²) in [6.07, 6.45) is 1.69. The Hall–Kier alpha value is -1.04. The number of aryl methyl sites for hydroxylation is 1. The normalized spacial score (nSPS) is 10.4. The average molecular weight is 301 g/mol. The van der Waals surface area contributed by atoms with Crippen LogP contribution in [0.5, 0.6) is 0 Å². The number of halogens is 1. The molecule has 2 aromatic rings. The van der Waals surface area contributed by atoms with Crippen LogP contribution in [0.25, 0.3) is 11.3 Å². The van der Waals surface area contributed by atoms with Crippen LogP contribution in [0.15, 0.2) is 39.7 Å². The van der Waals surface area contributed by atoms with Gasteiger partial charge in [-0.25, -0.2) is 4.79 Å². The molecule has 0 aliphatic heterocycles. The Morgan fingerprint density at radius 2 is 2.07 bits per heavy atom. The van der Waals surface area contributed by atoms with Gasteiger partial charge in [-0.2, -0.15) is 0 Å². The van der Waals surface area contributed by atoms with Crippen molar-refractivity contribution < 1.29 is 4.42 Å². The third-order valence-electron chi connectivity index (χ3n) is 1.94. The Balaban J connectivity index is 2.60. The number of hydrogen-bond acceptors (Lipinski definition) is 2. The molecule has 1 aromatic heterocycles. The van der Waals surface area contributed by atoms with Crippen LogP contribution in [-0.4, -0.2) is 4.57 Å². The van der Waals surface area contributed by atoms with Crippen molar-refractivity contribution >= 4 is 22.6 Å². The molecule has 0 spiro atoms. The van der Waals surface area contributed by atoms with Crippen molar-refractivity contribution in [3.8, 4) is 11.3 Å². The molecule has 0 N–H and O–H groups in total. The maximum atomic E-state index is 11.1. The van der Waals surface area contributed by atoms with Crippen LogP contribution in [-0.2, 0) is 7.05 Å². The van der Waals surface area contributed by atoms with Crippen molar-refractivity contribution in [3.05, 3.63) is 44.6 Å². The maximum Gasteiger partial charge on any atom is 0.419 e. The van der Waals surface area contributed by atoms with Gasteiger partial charge in [0.05, 0.1) is 6.20 Å². The number of aromatic nitrogens is 1. The molecule has 1 heterocycles. The first-order valence-corrected chi connectivity index (χ1v) is 5.18. The van der Waals surface area contributed by atoms with Gasteiger partial charge in [0.2, 0.25) is 0 Å². The van der Waals surface area contributed by atoms with E-state index in [1.807, 2.05) is 24.3 Å². The van der Waals surface area contributed by atoms with Crippen LogP contribution < -0.4 is 5.76 Å². The highest BCUT2D eigenvalue weighted by atomic mass is 127. The zero-order valence-corrected chi connectivity index (χ0v) is 9.69. The van der Waals surface area contributed by atoms with Crippen LogP contribution >= 0.6 is 22.6 Å². The van der Waals surface area contributed by atoms with Crippen LogP contribution in [0, 0.1) is 3.57 Å². The van der Waals surface area contributed by atoms with E-state index in [0.717, 1.165) is 9.13 Å². The lowest BCUT2D eigenvalue weighted by atomic mass is 10.2. The first kappa shape index (κ1) is 9.51. The van der Waals surface area contributed by atoms with E-state index >= 15 is 0 Å². The van der Waals surface area contributed by atoms with Gasteiger partial charge in [0.15, 0.2) is 5.76 Å². The topological polar surface area (TPSA) is 35.1 Å². The second-order valence-corrected chi connectivity index (χ2v) is 4.11. The molecule has 0 saturated heterocycles.